The Morgan fingerprint density at radius 3 is 1.41 bits per heavy atom. The van der Waals surface area contributed by atoms with Crippen LogP contribution in [0.5, 0.6) is 11.5 Å². The van der Waals surface area contributed by atoms with E-state index in [1.807, 2.05) is 24.3 Å². The predicted octanol–water partition coefficient (Wildman–Crippen LogP) is 3.77. The highest BCUT2D eigenvalue weighted by Crippen LogP contribution is 2.58. The summed E-state index contributed by atoms with van der Waals surface area (Å²) in [5.74, 6) is 1.63. The molecule has 2 nitrogen and oxygen atoms in total. The molecule has 0 aliphatic rings. The molecule has 0 N–H and O–H groups in total. The minimum atomic E-state index is -2.01. The zero-order valence-corrected chi connectivity index (χ0v) is 23.3. The Morgan fingerprint density at radius 2 is 0.946 bits per heavy atom. The molecule has 0 aliphatic carbocycles. The molecule has 0 saturated carbocycles. The van der Waals surface area contributed by atoms with Gasteiger partial charge in [-0.15, -0.1) is 0 Å². The van der Waals surface area contributed by atoms with Crippen molar-refractivity contribution in [3.63, 3.8) is 0 Å². The molecule has 0 saturated heterocycles. The van der Waals surface area contributed by atoms with E-state index in [2.05, 4.69) is 115 Å². The first-order valence-corrected chi connectivity index (χ1v) is 14.1. The molecular formula is C33H30BrO2P. The third-order valence-corrected chi connectivity index (χ3v) is 10.8. The quantitative estimate of drug-likeness (QED) is 0.252. The van der Waals surface area contributed by atoms with Crippen molar-refractivity contribution >= 4 is 23.2 Å². The lowest BCUT2D eigenvalue weighted by atomic mass is 10.2. The fourth-order valence-electron chi connectivity index (χ4n) is 4.71. The molecule has 4 heteroatoms. The first-order valence-electron chi connectivity index (χ1n) is 12.2. The second kappa shape index (κ2) is 12.7. The summed E-state index contributed by atoms with van der Waals surface area (Å²) in [6.45, 7) is 0.518. The van der Waals surface area contributed by atoms with Gasteiger partial charge in [0.2, 0.25) is 0 Å². The summed E-state index contributed by atoms with van der Waals surface area (Å²) in [5.41, 5.74) is 2.34. The van der Waals surface area contributed by atoms with Crippen molar-refractivity contribution in [2.24, 2.45) is 0 Å². The molecule has 0 aromatic heterocycles. The van der Waals surface area contributed by atoms with Crippen LogP contribution in [0.1, 0.15) is 11.1 Å². The molecule has 0 heterocycles. The summed E-state index contributed by atoms with van der Waals surface area (Å²) < 4.78 is 12.0. The molecule has 0 atom stereocenters. The van der Waals surface area contributed by atoms with Crippen LogP contribution in [-0.4, -0.2) is 7.11 Å². The second-order valence-electron chi connectivity index (χ2n) is 8.77. The number of ether oxygens (including phenoxy) is 2. The van der Waals surface area contributed by atoms with Gasteiger partial charge in [0.05, 0.1) is 13.3 Å². The molecule has 0 aliphatic heterocycles. The maximum Gasteiger partial charge on any atom is 0.123 e. The third-order valence-electron chi connectivity index (χ3n) is 6.43. The minimum Gasteiger partial charge on any atom is -1.00 e. The SMILES string of the molecule is COc1cc(C[P+](c2ccccc2)(c2ccccc2)c2ccccc2)cc(OCc2ccccc2)c1.[Br-]. The number of hydrogen-bond acceptors (Lipinski definition) is 2. The molecule has 37 heavy (non-hydrogen) atoms. The van der Waals surface area contributed by atoms with Gasteiger partial charge in [0.25, 0.3) is 0 Å². The van der Waals surface area contributed by atoms with E-state index in [0.717, 1.165) is 23.2 Å². The van der Waals surface area contributed by atoms with Crippen molar-refractivity contribution in [1.82, 2.24) is 0 Å². The number of benzene rings is 5. The Bertz CT molecular complexity index is 1280. The number of halogens is 1. The van der Waals surface area contributed by atoms with Gasteiger partial charge in [0, 0.05) is 6.07 Å². The average Bonchev–Trinajstić information content (AvgIpc) is 2.96. The van der Waals surface area contributed by atoms with E-state index < -0.39 is 7.26 Å². The highest BCUT2D eigenvalue weighted by molar-refractivity contribution is 7.95. The van der Waals surface area contributed by atoms with Crippen LogP contribution in [0.25, 0.3) is 0 Å². The normalized spacial score (nSPS) is 10.8. The second-order valence-corrected chi connectivity index (χ2v) is 12.3. The Labute approximate surface area is 231 Å². The molecule has 0 spiro atoms. The first-order chi connectivity index (χ1) is 17.8. The molecule has 5 aromatic carbocycles. The predicted molar refractivity (Wildman–Crippen MR) is 153 cm³/mol. The van der Waals surface area contributed by atoms with Gasteiger partial charge in [-0.2, -0.15) is 0 Å². The molecule has 5 aromatic rings. The Hall–Kier alpha value is -3.39. The van der Waals surface area contributed by atoms with E-state index in [9.17, 15) is 0 Å². The van der Waals surface area contributed by atoms with Gasteiger partial charge in [-0.3, -0.25) is 0 Å². The van der Waals surface area contributed by atoms with Crippen molar-refractivity contribution in [3.8, 4) is 11.5 Å². The molecule has 186 valence electrons. The van der Waals surface area contributed by atoms with E-state index in [0.29, 0.717) is 6.61 Å². The smallest absolute Gasteiger partial charge is 0.123 e. The topological polar surface area (TPSA) is 18.5 Å². The average molecular weight is 569 g/mol. The molecule has 0 unspecified atom stereocenters. The van der Waals surface area contributed by atoms with Crippen LogP contribution in [0.4, 0.5) is 0 Å². The summed E-state index contributed by atoms with van der Waals surface area (Å²) in [7, 11) is -0.297. The Morgan fingerprint density at radius 1 is 0.514 bits per heavy atom. The van der Waals surface area contributed by atoms with Crippen molar-refractivity contribution < 1.29 is 26.5 Å². The van der Waals surface area contributed by atoms with Crippen LogP contribution in [0, 0.1) is 0 Å². The Balaban J connectivity index is 0.00000320. The first kappa shape index (κ1) is 26.7. The lowest BCUT2D eigenvalue weighted by Gasteiger charge is -2.28. The fourth-order valence-corrected chi connectivity index (χ4v) is 8.92. The number of hydrogen-bond donors (Lipinski definition) is 0. The van der Waals surface area contributed by atoms with Crippen molar-refractivity contribution in [2.75, 3.05) is 7.11 Å². The zero-order valence-electron chi connectivity index (χ0n) is 20.8. The maximum atomic E-state index is 6.24. The Kier molecular flexibility index (Phi) is 9.17. The number of rotatable bonds is 9. The number of methoxy groups -OCH3 is 1. The minimum absolute atomic E-state index is 0. The third kappa shape index (κ3) is 6.13. The van der Waals surface area contributed by atoms with Crippen molar-refractivity contribution in [2.45, 2.75) is 12.8 Å². The van der Waals surface area contributed by atoms with Crippen LogP contribution >= 0.6 is 7.26 Å². The van der Waals surface area contributed by atoms with Crippen LogP contribution in [0.2, 0.25) is 0 Å². The van der Waals surface area contributed by atoms with Gasteiger partial charge in [-0.25, -0.2) is 0 Å². The van der Waals surface area contributed by atoms with E-state index in [4.69, 9.17) is 9.47 Å². The highest BCUT2D eigenvalue weighted by atomic mass is 79.9. The lowest BCUT2D eigenvalue weighted by Crippen LogP contribution is -3.00. The summed E-state index contributed by atoms with van der Waals surface area (Å²) in [6.07, 6.45) is 0.865. The van der Waals surface area contributed by atoms with Gasteiger partial charge >= 0.3 is 0 Å². The van der Waals surface area contributed by atoms with E-state index in [1.54, 1.807) is 7.11 Å². The standard InChI is InChI=1S/C33H30O2P.BrH/c1-34-29-22-28(23-30(24-29)35-25-27-14-6-2-7-15-27)26-36(31-16-8-3-9-17-31,32-18-10-4-11-19-32)33-20-12-5-13-21-33;/h2-24H,25-26H2,1H3;1H/q+1;/p-1. The summed E-state index contributed by atoms with van der Waals surface area (Å²) in [5, 5.41) is 4.07. The van der Waals surface area contributed by atoms with Gasteiger partial charge in [-0.05, 0) is 59.7 Å². The zero-order chi connectivity index (χ0) is 24.6. The van der Waals surface area contributed by atoms with E-state index >= 15 is 0 Å². The van der Waals surface area contributed by atoms with Gasteiger partial charge in [0.1, 0.15) is 41.3 Å². The van der Waals surface area contributed by atoms with E-state index in [-0.39, 0.29) is 17.0 Å². The summed E-state index contributed by atoms with van der Waals surface area (Å²) in [6, 6.07) is 49.4. The van der Waals surface area contributed by atoms with Gasteiger partial charge in [0.15, 0.2) is 0 Å². The van der Waals surface area contributed by atoms with Gasteiger partial charge < -0.3 is 26.5 Å². The largest absolute Gasteiger partial charge is 1.00 e. The molecule has 0 bridgehead atoms. The monoisotopic (exact) mass is 568 g/mol. The van der Waals surface area contributed by atoms with E-state index in [1.165, 1.54) is 21.5 Å². The van der Waals surface area contributed by atoms with Crippen LogP contribution in [0.3, 0.4) is 0 Å². The summed E-state index contributed by atoms with van der Waals surface area (Å²) in [4.78, 5) is 0. The maximum absolute atomic E-state index is 6.24. The lowest BCUT2D eigenvalue weighted by molar-refractivity contribution is -0.00000779. The molecule has 0 fully saturated rings. The van der Waals surface area contributed by atoms with Crippen LogP contribution in [0.15, 0.2) is 140 Å². The molecule has 0 amide bonds. The van der Waals surface area contributed by atoms with Gasteiger partial charge in [-0.1, -0.05) is 84.9 Å². The molecular weight excluding hydrogens is 539 g/mol. The van der Waals surface area contributed by atoms with Crippen molar-refractivity contribution in [1.29, 1.82) is 0 Å². The highest BCUT2D eigenvalue weighted by Gasteiger charge is 2.45. The fraction of sp³-hybridized carbons (Fsp3) is 0.0909. The molecule has 5 rings (SSSR count). The van der Waals surface area contributed by atoms with Crippen molar-refractivity contribution in [3.05, 3.63) is 151 Å². The van der Waals surface area contributed by atoms with Crippen LogP contribution in [-0.2, 0) is 12.8 Å². The molecule has 0 radical (unpaired) electrons. The van der Waals surface area contributed by atoms with Crippen LogP contribution < -0.4 is 42.4 Å². The summed E-state index contributed by atoms with van der Waals surface area (Å²) >= 11 is 0.